The minimum atomic E-state index is -0.814. The van der Waals surface area contributed by atoms with E-state index in [1.54, 1.807) is 0 Å². The van der Waals surface area contributed by atoms with Gasteiger partial charge in [0.1, 0.15) is 15.2 Å². The molecule has 0 spiro atoms. The smallest absolute Gasteiger partial charge is 0.125 e. The Morgan fingerprint density at radius 2 is 2.50 bits per heavy atom. The van der Waals surface area contributed by atoms with Crippen molar-refractivity contribution in [3.63, 3.8) is 0 Å². The van der Waals surface area contributed by atoms with E-state index in [4.69, 9.17) is 0 Å². The first-order valence-corrected chi connectivity index (χ1v) is 7.32. The van der Waals surface area contributed by atoms with Gasteiger partial charge in [0.25, 0.3) is 0 Å². The van der Waals surface area contributed by atoms with Crippen LogP contribution in [0.2, 0.25) is 0 Å². The SMILES string of the molecule is CC(O)(CC1CCCCN1)c1nc(Br)cs1. The summed E-state index contributed by atoms with van der Waals surface area (Å²) in [5.41, 5.74) is -0.814. The molecule has 2 atom stereocenters. The van der Waals surface area contributed by atoms with Crippen LogP contribution in [0.4, 0.5) is 0 Å². The third-order valence-electron chi connectivity index (χ3n) is 2.99. The Labute approximate surface area is 108 Å². The summed E-state index contributed by atoms with van der Waals surface area (Å²) in [6.45, 7) is 2.93. The monoisotopic (exact) mass is 304 g/mol. The van der Waals surface area contributed by atoms with Crippen molar-refractivity contribution >= 4 is 27.3 Å². The summed E-state index contributed by atoms with van der Waals surface area (Å²) < 4.78 is 0.810. The van der Waals surface area contributed by atoms with Crippen molar-refractivity contribution < 1.29 is 5.11 Å². The highest BCUT2D eigenvalue weighted by molar-refractivity contribution is 9.10. The lowest BCUT2D eigenvalue weighted by atomic mass is 9.92. The molecule has 2 heterocycles. The van der Waals surface area contributed by atoms with E-state index in [1.807, 2.05) is 12.3 Å². The zero-order valence-electron chi connectivity index (χ0n) is 9.37. The molecule has 0 bridgehead atoms. The largest absolute Gasteiger partial charge is 0.383 e. The third-order valence-corrected chi connectivity index (χ3v) is 4.80. The number of hydrogen-bond donors (Lipinski definition) is 2. The van der Waals surface area contributed by atoms with E-state index in [-0.39, 0.29) is 0 Å². The molecule has 1 fully saturated rings. The first kappa shape index (κ1) is 12.5. The van der Waals surface area contributed by atoms with E-state index in [2.05, 4.69) is 26.2 Å². The molecule has 0 saturated carbocycles. The lowest BCUT2D eigenvalue weighted by Crippen LogP contribution is -2.39. The Morgan fingerprint density at radius 1 is 1.69 bits per heavy atom. The summed E-state index contributed by atoms with van der Waals surface area (Å²) in [7, 11) is 0. The Kier molecular flexibility index (Phi) is 4.00. The van der Waals surface area contributed by atoms with E-state index < -0.39 is 5.60 Å². The average Bonchev–Trinajstić information content (AvgIpc) is 2.66. The summed E-state index contributed by atoms with van der Waals surface area (Å²) >= 11 is 4.83. The molecule has 16 heavy (non-hydrogen) atoms. The van der Waals surface area contributed by atoms with Crippen molar-refractivity contribution in [2.75, 3.05) is 6.54 Å². The molecule has 1 aliphatic heterocycles. The van der Waals surface area contributed by atoms with Gasteiger partial charge in [-0.25, -0.2) is 4.98 Å². The van der Waals surface area contributed by atoms with Crippen molar-refractivity contribution in [3.05, 3.63) is 15.0 Å². The number of piperidine rings is 1. The van der Waals surface area contributed by atoms with Crippen LogP contribution in [-0.2, 0) is 5.60 Å². The Hall–Kier alpha value is 0.0300. The van der Waals surface area contributed by atoms with Crippen LogP contribution in [-0.4, -0.2) is 22.7 Å². The summed E-state index contributed by atoms with van der Waals surface area (Å²) in [5, 5.41) is 16.6. The predicted molar refractivity (Wildman–Crippen MR) is 69.6 cm³/mol. The standard InChI is InChI=1S/C11H17BrN2OS/c1-11(15,10-14-9(12)7-16-10)6-8-4-2-3-5-13-8/h7-8,13,15H,2-6H2,1H3. The summed E-state index contributed by atoms with van der Waals surface area (Å²) in [6.07, 6.45) is 4.41. The van der Waals surface area contributed by atoms with E-state index in [0.29, 0.717) is 6.04 Å². The first-order chi connectivity index (χ1) is 7.58. The van der Waals surface area contributed by atoms with Crippen LogP contribution in [0.1, 0.15) is 37.6 Å². The van der Waals surface area contributed by atoms with Crippen LogP contribution in [0.25, 0.3) is 0 Å². The van der Waals surface area contributed by atoms with Crippen molar-refractivity contribution in [2.24, 2.45) is 0 Å². The van der Waals surface area contributed by atoms with Gasteiger partial charge in [-0.1, -0.05) is 6.42 Å². The zero-order valence-corrected chi connectivity index (χ0v) is 11.8. The van der Waals surface area contributed by atoms with Crippen LogP contribution < -0.4 is 5.32 Å². The molecule has 0 radical (unpaired) electrons. The second-order valence-corrected chi connectivity index (χ2v) is 6.27. The molecular weight excluding hydrogens is 288 g/mol. The molecule has 1 aromatic rings. The summed E-state index contributed by atoms with van der Waals surface area (Å²) in [6, 6.07) is 0.423. The lowest BCUT2D eigenvalue weighted by Gasteiger charge is -2.30. The van der Waals surface area contributed by atoms with Gasteiger partial charge < -0.3 is 10.4 Å². The zero-order chi connectivity index (χ0) is 11.6. The molecule has 0 amide bonds. The van der Waals surface area contributed by atoms with E-state index >= 15 is 0 Å². The van der Waals surface area contributed by atoms with E-state index in [9.17, 15) is 5.11 Å². The van der Waals surface area contributed by atoms with E-state index in [1.165, 1.54) is 24.2 Å². The van der Waals surface area contributed by atoms with Gasteiger partial charge in [0.15, 0.2) is 0 Å². The second kappa shape index (κ2) is 5.12. The molecule has 0 aromatic carbocycles. The topological polar surface area (TPSA) is 45.1 Å². The fourth-order valence-electron chi connectivity index (χ4n) is 2.17. The van der Waals surface area contributed by atoms with Crippen molar-refractivity contribution in [2.45, 2.75) is 44.2 Å². The van der Waals surface area contributed by atoms with Gasteiger partial charge in [0.05, 0.1) is 0 Å². The molecule has 90 valence electrons. The summed E-state index contributed by atoms with van der Waals surface area (Å²) in [4.78, 5) is 4.31. The molecule has 0 aliphatic carbocycles. The normalized spacial score (nSPS) is 25.3. The molecule has 1 saturated heterocycles. The Morgan fingerprint density at radius 3 is 3.06 bits per heavy atom. The fourth-order valence-corrected chi connectivity index (χ4v) is 3.49. The number of nitrogens with zero attached hydrogens (tertiary/aromatic N) is 1. The number of thiazole rings is 1. The molecule has 2 N–H and O–H groups in total. The van der Waals surface area contributed by atoms with Crippen LogP contribution in [0.3, 0.4) is 0 Å². The van der Waals surface area contributed by atoms with Crippen LogP contribution >= 0.6 is 27.3 Å². The van der Waals surface area contributed by atoms with Crippen LogP contribution in [0.15, 0.2) is 9.98 Å². The van der Waals surface area contributed by atoms with Crippen molar-refractivity contribution in [1.29, 1.82) is 0 Å². The maximum atomic E-state index is 10.4. The van der Waals surface area contributed by atoms with Gasteiger partial charge in [0, 0.05) is 11.4 Å². The third kappa shape index (κ3) is 3.03. The number of aromatic nitrogens is 1. The van der Waals surface area contributed by atoms with Gasteiger partial charge in [0.2, 0.25) is 0 Å². The van der Waals surface area contributed by atoms with Gasteiger partial charge in [-0.2, -0.15) is 0 Å². The number of rotatable bonds is 3. The Balaban J connectivity index is 2.01. The van der Waals surface area contributed by atoms with E-state index in [0.717, 1.165) is 29.0 Å². The van der Waals surface area contributed by atoms with Gasteiger partial charge in [-0.15, -0.1) is 11.3 Å². The predicted octanol–water partition coefficient (Wildman–Crippen LogP) is 2.65. The number of halogens is 1. The molecule has 1 aliphatic rings. The average molecular weight is 305 g/mol. The number of hydrogen-bond acceptors (Lipinski definition) is 4. The molecular formula is C11H17BrN2OS. The van der Waals surface area contributed by atoms with Crippen molar-refractivity contribution in [1.82, 2.24) is 10.3 Å². The second-order valence-electron chi connectivity index (χ2n) is 4.60. The van der Waals surface area contributed by atoms with Gasteiger partial charge in [-0.05, 0) is 48.7 Å². The highest BCUT2D eigenvalue weighted by atomic mass is 79.9. The molecule has 2 unspecified atom stereocenters. The lowest BCUT2D eigenvalue weighted by molar-refractivity contribution is 0.0329. The maximum absolute atomic E-state index is 10.4. The fraction of sp³-hybridized carbons (Fsp3) is 0.727. The maximum Gasteiger partial charge on any atom is 0.125 e. The molecule has 3 nitrogen and oxygen atoms in total. The Bertz CT molecular complexity index is 348. The minimum Gasteiger partial charge on any atom is -0.383 e. The van der Waals surface area contributed by atoms with Crippen LogP contribution in [0, 0.1) is 0 Å². The van der Waals surface area contributed by atoms with Gasteiger partial charge >= 0.3 is 0 Å². The van der Waals surface area contributed by atoms with Crippen LogP contribution in [0.5, 0.6) is 0 Å². The number of nitrogens with one attached hydrogen (secondary N) is 1. The highest BCUT2D eigenvalue weighted by Gasteiger charge is 2.30. The van der Waals surface area contributed by atoms with Gasteiger partial charge in [-0.3, -0.25) is 0 Å². The molecule has 2 rings (SSSR count). The molecule has 1 aromatic heterocycles. The highest BCUT2D eigenvalue weighted by Crippen LogP contribution is 2.31. The summed E-state index contributed by atoms with van der Waals surface area (Å²) in [5.74, 6) is 0. The quantitative estimate of drug-likeness (QED) is 0.902. The first-order valence-electron chi connectivity index (χ1n) is 5.65. The molecule has 5 heteroatoms. The number of aliphatic hydroxyl groups is 1. The minimum absolute atomic E-state index is 0.423. The van der Waals surface area contributed by atoms with Crippen molar-refractivity contribution in [3.8, 4) is 0 Å².